The summed E-state index contributed by atoms with van der Waals surface area (Å²) in [6.07, 6.45) is 0. The average Bonchev–Trinajstić information content (AvgIpc) is 2.38. The van der Waals surface area contributed by atoms with Crippen molar-refractivity contribution in [1.29, 1.82) is 0 Å². The van der Waals surface area contributed by atoms with Gasteiger partial charge in [0, 0.05) is 21.7 Å². The van der Waals surface area contributed by atoms with Crippen molar-refractivity contribution in [3.8, 4) is 0 Å². The molecule has 1 rings (SSSR count). The first kappa shape index (κ1) is 17.6. The van der Waals surface area contributed by atoms with E-state index in [4.69, 9.17) is 27.9 Å². The zero-order valence-corrected chi connectivity index (χ0v) is 14.3. The second kappa shape index (κ2) is 7.55. The standard InChI is InChI=1S/C14H19Cl2NO2S/c1-9(2)17-14(3,13(18)19-4)8-20-12-7-10(15)5-6-11(12)16/h5-7,9,17H,8H2,1-4H3. The number of carbonyl (C=O) groups excluding carboxylic acids is 1. The predicted molar refractivity (Wildman–Crippen MR) is 85.9 cm³/mol. The van der Waals surface area contributed by atoms with Gasteiger partial charge in [-0.15, -0.1) is 11.8 Å². The highest BCUT2D eigenvalue weighted by molar-refractivity contribution is 7.99. The molecule has 0 aliphatic heterocycles. The van der Waals surface area contributed by atoms with Gasteiger partial charge in [-0.3, -0.25) is 10.1 Å². The average molecular weight is 336 g/mol. The molecule has 0 fully saturated rings. The smallest absolute Gasteiger partial charge is 0.326 e. The van der Waals surface area contributed by atoms with Crippen LogP contribution in [0.15, 0.2) is 23.1 Å². The molecule has 0 aromatic heterocycles. The normalized spacial score (nSPS) is 14.2. The van der Waals surface area contributed by atoms with Crippen LogP contribution in [0.25, 0.3) is 0 Å². The number of nitrogens with one attached hydrogen (secondary N) is 1. The van der Waals surface area contributed by atoms with Crippen LogP contribution >= 0.6 is 35.0 Å². The maximum absolute atomic E-state index is 12.0. The summed E-state index contributed by atoms with van der Waals surface area (Å²) in [7, 11) is 1.39. The van der Waals surface area contributed by atoms with Crippen molar-refractivity contribution in [2.24, 2.45) is 0 Å². The molecule has 3 nitrogen and oxygen atoms in total. The molecule has 0 aliphatic rings. The minimum atomic E-state index is -0.779. The Bertz CT molecular complexity index is 482. The van der Waals surface area contributed by atoms with Crippen LogP contribution in [0, 0.1) is 0 Å². The van der Waals surface area contributed by atoms with E-state index in [2.05, 4.69) is 5.32 Å². The number of hydrogen-bond donors (Lipinski definition) is 1. The van der Waals surface area contributed by atoms with Crippen molar-refractivity contribution in [3.63, 3.8) is 0 Å². The van der Waals surface area contributed by atoms with Crippen molar-refractivity contribution >= 4 is 40.9 Å². The molecule has 20 heavy (non-hydrogen) atoms. The molecule has 0 aliphatic carbocycles. The van der Waals surface area contributed by atoms with E-state index < -0.39 is 5.54 Å². The van der Waals surface area contributed by atoms with Crippen LogP contribution in [-0.4, -0.2) is 30.4 Å². The van der Waals surface area contributed by atoms with Crippen LogP contribution < -0.4 is 5.32 Å². The summed E-state index contributed by atoms with van der Waals surface area (Å²) in [4.78, 5) is 12.8. The highest BCUT2D eigenvalue weighted by Crippen LogP contribution is 2.32. The molecule has 0 heterocycles. The van der Waals surface area contributed by atoms with E-state index >= 15 is 0 Å². The van der Waals surface area contributed by atoms with E-state index in [-0.39, 0.29) is 12.0 Å². The SMILES string of the molecule is COC(=O)C(C)(CSc1cc(Cl)ccc1Cl)NC(C)C. The second-order valence-corrected chi connectivity index (χ2v) is 6.85. The van der Waals surface area contributed by atoms with Crippen molar-refractivity contribution in [1.82, 2.24) is 5.32 Å². The number of rotatable bonds is 6. The van der Waals surface area contributed by atoms with E-state index in [1.165, 1.54) is 18.9 Å². The van der Waals surface area contributed by atoms with Gasteiger partial charge in [0.25, 0.3) is 0 Å². The van der Waals surface area contributed by atoms with E-state index in [1.54, 1.807) is 18.2 Å². The number of thioether (sulfide) groups is 1. The van der Waals surface area contributed by atoms with Crippen LogP contribution in [0.3, 0.4) is 0 Å². The third-order valence-electron chi connectivity index (χ3n) is 2.65. The fourth-order valence-electron chi connectivity index (χ4n) is 1.83. The zero-order valence-electron chi connectivity index (χ0n) is 12.0. The predicted octanol–water partition coefficient (Wildman–Crippen LogP) is 4.02. The lowest BCUT2D eigenvalue weighted by Crippen LogP contribution is -2.54. The van der Waals surface area contributed by atoms with E-state index in [9.17, 15) is 4.79 Å². The molecule has 0 spiro atoms. The highest BCUT2D eigenvalue weighted by Gasteiger charge is 2.35. The maximum atomic E-state index is 12.0. The first-order valence-electron chi connectivity index (χ1n) is 6.22. The van der Waals surface area contributed by atoms with Crippen LogP contribution in [0.4, 0.5) is 0 Å². The third-order valence-corrected chi connectivity index (χ3v) is 4.70. The monoisotopic (exact) mass is 335 g/mol. The van der Waals surface area contributed by atoms with Gasteiger partial charge in [0.1, 0.15) is 5.54 Å². The molecule has 0 saturated carbocycles. The first-order chi connectivity index (χ1) is 9.28. The summed E-state index contributed by atoms with van der Waals surface area (Å²) in [6.45, 7) is 5.79. The van der Waals surface area contributed by atoms with Crippen LogP contribution in [0.5, 0.6) is 0 Å². The Morgan fingerprint density at radius 3 is 2.65 bits per heavy atom. The molecule has 1 aromatic rings. The van der Waals surface area contributed by atoms with Gasteiger partial charge in [-0.2, -0.15) is 0 Å². The molecule has 1 unspecified atom stereocenters. The Labute approximate surface area is 134 Å². The summed E-state index contributed by atoms with van der Waals surface area (Å²) in [5.41, 5.74) is -0.779. The number of methoxy groups -OCH3 is 1. The number of hydrogen-bond acceptors (Lipinski definition) is 4. The fourth-order valence-corrected chi connectivity index (χ4v) is 3.41. The highest BCUT2D eigenvalue weighted by atomic mass is 35.5. The van der Waals surface area contributed by atoms with Gasteiger partial charge in [0.15, 0.2) is 0 Å². The zero-order chi connectivity index (χ0) is 15.3. The summed E-state index contributed by atoms with van der Waals surface area (Å²) in [5, 5.41) is 4.48. The van der Waals surface area contributed by atoms with Gasteiger partial charge in [0.05, 0.1) is 12.1 Å². The first-order valence-corrected chi connectivity index (χ1v) is 7.96. The minimum absolute atomic E-state index is 0.162. The molecular formula is C14H19Cl2NO2S. The van der Waals surface area contributed by atoms with Gasteiger partial charge in [0.2, 0.25) is 0 Å². The van der Waals surface area contributed by atoms with E-state index in [1.807, 2.05) is 20.8 Å². The van der Waals surface area contributed by atoms with Crippen LogP contribution in [0.2, 0.25) is 10.0 Å². The Balaban J connectivity index is 2.86. The Kier molecular flexibility index (Phi) is 6.65. The van der Waals surface area contributed by atoms with Crippen molar-refractivity contribution < 1.29 is 9.53 Å². The molecule has 0 radical (unpaired) electrons. The largest absolute Gasteiger partial charge is 0.468 e. The Morgan fingerprint density at radius 2 is 2.10 bits per heavy atom. The molecule has 1 atom stereocenters. The molecule has 6 heteroatoms. The topological polar surface area (TPSA) is 38.3 Å². The Hall–Kier alpha value is -0.420. The number of halogens is 2. The van der Waals surface area contributed by atoms with Gasteiger partial charge in [-0.05, 0) is 39.0 Å². The number of benzene rings is 1. The van der Waals surface area contributed by atoms with E-state index in [0.717, 1.165) is 4.90 Å². The van der Waals surface area contributed by atoms with Gasteiger partial charge in [-0.25, -0.2) is 0 Å². The Morgan fingerprint density at radius 1 is 1.45 bits per heavy atom. The van der Waals surface area contributed by atoms with Gasteiger partial charge in [-0.1, -0.05) is 23.2 Å². The van der Waals surface area contributed by atoms with Crippen molar-refractivity contribution in [2.75, 3.05) is 12.9 Å². The third kappa shape index (κ3) is 4.85. The summed E-state index contributed by atoms with van der Waals surface area (Å²) in [5.74, 6) is 0.203. The molecule has 1 N–H and O–H groups in total. The lowest BCUT2D eigenvalue weighted by Gasteiger charge is -2.30. The second-order valence-electron chi connectivity index (χ2n) is 4.99. The molecule has 0 amide bonds. The molecule has 0 bridgehead atoms. The van der Waals surface area contributed by atoms with Gasteiger partial charge < -0.3 is 4.74 Å². The lowest BCUT2D eigenvalue weighted by atomic mass is 10.0. The number of ether oxygens (including phenoxy) is 1. The molecule has 0 saturated heterocycles. The number of esters is 1. The van der Waals surface area contributed by atoms with Gasteiger partial charge >= 0.3 is 5.97 Å². The molecule has 112 valence electrons. The summed E-state index contributed by atoms with van der Waals surface area (Å²) < 4.78 is 4.88. The molecular weight excluding hydrogens is 317 g/mol. The maximum Gasteiger partial charge on any atom is 0.326 e. The molecule has 1 aromatic carbocycles. The number of carbonyl (C=O) groups is 1. The summed E-state index contributed by atoms with van der Waals surface area (Å²) in [6, 6.07) is 5.44. The quantitative estimate of drug-likeness (QED) is 0.629. The van der Waals surface area contributed by atoms with Crippen molar-refractivity contribution in [3.05, 3.63) is 28.2 Å². The van der Waals surface area contributed by atoms with Crippen molar-refractivity contribution in [2.45, 2.75) is 37.2 Å². The minimum Gasteiger partial charge on any atom is -0.468 e. The summed E-state index contributed by atoms with van der Waals surface area (Å²) >= 11 is 13.6. The fraction of sp³-hybridized carbons (Fsp3) is 0.500. The lowest BCUT2D eigenvalue weighted by molar-refractivity contribution is -0.147. The van der Waals surface area contributed by atoms with Crippen LogP contribution in [0.1, 0.15) is 20.8 Å². The van der Waals surface area contributed by atoms with Crippen LogP contribution in [-0.2, 0) is 9.53 Å². The van der Waals surface area contributed by atoms with E-state index in [0.29, 0.717) is 15.8 Å².